The van der Waals surface area contributed by atoms with Crippen molar-refractivity contribution in [2.24, 2.45) is 34.5 Å². The maximum absolute atomic E-state index is 10.8. The van der Waals surface area contributed by atoms with Crippen molar-refractivity contribution in [2.45, 2.75) is 112 Å². The Hall–Kier alpha value is -0.940. The van der Waals surface area contributed by atoms with Gasteiger partial charge >= 0.3 is 5.97 Å². The summed E-state index contributed by atoms with van der Waals surface area (Å²) in [6, 6.07) is 0. The van der Waals surface area contributed by atoms with Crippen LogP contribution in [0.2, 0.25) is 0 Å². The van der Waals surface area contributed by atoms with Crippen LogP contribution in [0, 0.1) is 34.5 Å². The van der Waals surface area contributed by atoms with Gasteiger partial charge in [0, 0.05) is 13.3 Å². The van der Waals surface area contributed by atoms with Gasteiger partial charge in [-0.15, -0.1) is 0 Å². The van der Waals surface area contributed by atoms with Crippen LogP contribution in [0.1, 0.15) is 99.3 Å². The predicted molar refractivity (Wildman–Crippen MR) is 127 cm³/mol. The summed E-state index contributed by atoms with van der Waals surface area (Å²) < 4.78 is 10.8. The number of aliphatic hydroxyl groups excluding tert-OH is 1. The Bertz CT molecular complexity index is 603. The fourth-order valence-corrected chi connectivity index (χ4v) is 6.67. The highest BCUT2D eigenvalue weighted by atomic mass is 16.5. The second-order valence-electron chi connectivity index (χ2n) is 11.6. The summed E-state index contributed by atoms with van der Waals surface area (Å²) >= 11 is 0. The van der Waals surface area contributed by atoms with Gasteiger partial charge in [0.05, 0.1) is 25.4 Å². The van der Waals surface area contributed by atoms with Crippen molar-refractivity contribution in [1.29, 1.82) is 0 Å². The minimum Gasteiger partial charge on any atom is -0.466 e. The van der Waals surface area contributed by atoms with Crippen LogP contribution in [0.25, 0.3) is 0 Å². The third-order valence-electron chi connectivity index (χ3n) is 8.73. The number of aldehydes is 1. The molecule has 1 heterocycles. The quantitative estimate of drug-likeness (QED) is 0.311. The van der Waals surface area contributed by atoms with Gasteiger partial charge < -0.3 is 19.4 Å². The normalized spacial score (nSPS) is 38.2. The largest absolute Gasteiger partial charge is 0.466 e. The average Bonchev–Trinajstić information content (AvgIpc) is 3.04. The molecule has 5 nitrogen and oxygen atoms in total. The van der Waals surface area contributed by atoms with Crippen molar-refractivity contribution < 1.29 is 24.2 Å². The Morgan fingerprint density at radius 2 is 1.94 bits per heavy atom. The number of hydrogen-bond donors (Lipinski definition) is 1. The summed E-state index contributed by atoms with van der Waals surface area (Å²) in [5.74, 6) is 2.39. The zero-order valence-electron chi connectivity index (χ0n) is 21.4. The van der Waals surface area contributed by atoms with E-state index in [0.717, 1.165) is 57.3 Å². The molecule has 0 bridgehead atoms. The zero-order valence-corrected chi connectivity index (χ0v) is 21.4. The van der Waals surface area contributed by atoms with Crippen molar-refractivity contribution in [3.63, 3.8) is 0 Å². The van der Waals surface area contributed by atoms with Crippen molar-refractivity contribution in [3.8, 4) is 0 Å². The molecule has 2 aliphatic carbocycles. The maximum atomic E-state index is 10.8. The van der Waals surface area contributed by atoms with Gasteiger partial charge in [-0.25, -0.2) is 0 Å². The first kappa shape index (κ1) is 27.3. The van der Waals surface area contributed by atoms with Gasteiger partial charge in [0.25, 0.3) is 0 Å². The van der Waals surface area contributed by atoms with Gasteiger partial charge in [-0.05, 0) is 92.8 Å². The van der Waals surface area contributed by atoms with Crippen LogP contribution in [0.3, 0.4) is 0 Å². The molecule has 5 heteroatoms. The Morgan fingerprint density at radius 1 is 1.22 bits per heavy atom. The second kappa shape index (κ2) is 12.0. The Labute approximate surface area is 196 Å². The summed E-state index contributed by atoms with van der Waals surface area (Å²) in [6.07, 6.45) is 10.8. The fraction of sp³-hybridized carbons (Fsp3) is 0.926. The number of carbonyl (C=O) groups excluding carboxylic acids is 2. The van der Waals surface area contributed by atoms with Crippen LogP contribution < -0.4 is 0 Å². The van der Waals surface area contributed by atoms with Crippen LogP contribution in [0.15, 0.2) is 0 Å². The smallest absolute Gasteiger partial charge is 0.302 e. The molecule has 3 fully saturated rings. The van der Waals surface area contributed by atoms with Gasteiger partial charge in [-0.1, -0.05) is 27.7 Å². The summed E-state index contributed by atoms with van der Waals surface area (Å²) in [5.41, 5.74) is 0.623. The van der Waals surface area contributed by atoms with Gasteiger partial charge in [0.1, 0.15) is 6.29 Å². The molecule has 0 spiro atoms. The first-order valence-electron chi connectivity index (χ1n) is 12.9. The van der Waals surface area contributed by atoms with Gasteiger partial charge in [-0.2, -0.15) is 0 Å². The molecular formula is C27H48O5. The van der Waals surface area contributed by atoms with E-state index in [1.54, 1.807) is 6.92 Å². The summed E-state index contributed by atoms with van der Waals surface area (Å²) in [7, 11) is 0. The van der Waals surface area contributed by atoms with E-state index in [9.17, 15) is 14.7 Å². The molecular weight excluding hydrogens is 404 g/mol. The molecule has 0 aromatic carbocycles. The van der Waals surface area contributed by atoms with E-state index in [-0.39, 0.29) is 17.5 Å². The van der Waals surface area contributed by atoms with Crippen molar-refractivity contribution >= 4 is 12.3 Å². The standard InChI is InChI=1S/C23H40O3.C4H8O2/c1-16-8-10-22(2,3)19(7-5-6-12-24)18(16)14-21-20-13-17(25)9-11-23(20,4)15-26-21;1-3-6-4(2)5/h12,16-21,25H,5-11,13-15H2,1-4H3;3H2,1-2H3. The Balaban J connectivity index is 0.000000534. The number of ether oxygens (including phenoxy) is 2. The second-order valence-corrected chi connectivity index (χ2v) is 11.6. The van der Waals surface area contributed by atoms with E-state index in [1.165, 1.54) is 19.8 Å². The number of rotatable bonds is 7. The molecule has 1 saturated heterocycles. The van der Waals surface area contributed by atoms with Crippen molar-refractivity contribution in [2.75, 3.05) is 13.2 Å². The lowest BCUT2D eigenvalue weighted by atomic mass is 9.56. The molecule has 3 rings (SSSR count). The number of unbranched alkanes of at least 4 members (excludes halogenated alkanes) is 1. The highest BCUT2D eigenvalue weighted by Gasteiger charge is 2.51. The molecule has 0 aromatic rings. The maximum Gasteiger partial charge on any atom is 0.302 e. The minimum atomic E-state index is -0.211. The van der Waals surface area contributed by atoms with Crippen molar-refractivity contribution in [3.05, 3.63) is 0 Å². The van der Waals surface area contributed by atoms with Gasteiger partial charge in [0.2, 0.25) is 0 Å². The topological polar surface area (TPSA) is 72.8 Å². The molecule has 7 unspecified atom stereocenters. The molecule has 32 heavy (non-hydrogen) atoms. The SMILES string of the molecule is CC1CCC(C)(C)C(CCCC=O)C1CC1OCC2(C)CCC(O)CC12.CCOC(C)=O. The zero-order chi connectivity index (χ0) is 23.9. The van der Waals surface area contributed by atoms with E-state index in [0.29, 0.717) is 42.3 Å². The minimum absolute atomic E-state index is 0.138. The first-order chi connectivity index (χ1) is 15.0. The van der Waals surface area contributed by atoms with E-state index >= 15 is 0 Å². The van der Waals surface area contributed by atoms with E-state index in [1.807, 2.05) is 0 Å². The number of fused-ring (bicyclic) bond motifs is 1. The number of hydrogen-bond acceptors (Lipinski definition) is 5. The van der Waals surface area contributed by atoms with Crippen LogP contribution in [0.5, 0.6) is 0 Å². The number of carbonyl (C=O) groups is 2. The molecule has 7 atom stereocenters. The highest BCUT2D eigenvalue weighted by molar-refractivity contribution is 5.65. The van der Waals surface area contributed by atoms with Gasteiger partial charge in [0.15, 0.2) is 0 Å². The molecule has 1 N–H and O–H groups in total. The Kier molecular flexibility index (Phi) is 10.2. The van der Waals surface area contributed by atoms with Crippen LogP contribution in [-0.4, -0.2) is 42.8 Å². The van der Waals surface area contributed by atoms with E-state index in [4.69, 9.17) is 4.74 Å². The summed E-state index contributed by atoms with van der Waals surface area (Å²) in [6.45, 7) is 14.2. The monoisotopic (exact) mass is 452 g/mol. The first-order valence-corrected chi connectivity index (χ1v) is 12.9. The Morgan fingerprint density at radius 3 is 2.53 bits per heavy atom. The molecule has 1 aliphatic heterocycles. The molecule has 0 radical (unpaired) electrons. The van der Waals surface area contributed by atoms with Crippen LogP contribution in [-0.2, 0) is 19.1 Å². The molecule has 3 aliphatic rings. The lowest BCUT2D eigenvalue weighted by Crippen LogP contribution is -2.43. The van der Waals surface area contributed by atoms with E-state index in [2.05, 4.69) is 32.4 Å². The van der Waals surface area contributed by atoms with E-state index < -0.39 is 0 Å². The third-order valence-corrected chi connectivity index (χ3v) is 8.73. The summed E-state index contributed by atoms with van der Waals surface area (Å²) in [5, 5.41) is 10.2. The molecule has 0 aromatic heterocycles. The summed E-state index contributed by atoms with van der Waals surface area (Å²) in [4.78, 5) is 20.6. The molecule has 2 saturated carbocycles. The predicted octanol–water partition coefficient (Wildman–Crippen LogP) is 5.57. The van der Waals surface area contributed by atoms with Gasteiger partial charge in [-0.3, -0.25) is 4.79 Å². The average molecular weight is 453 g/mol. The van der Waals surface area contributed by atoms with Crippen LogP contribution in [0.4, 0.5) is 0 Å². The number of esters is 1. The van der Waals surface area contributed by atoms with Crippen molar-refractivity contribution in [1.82, 2.24) is 0 Å². The van der Waals surface area contributed by atoms with Crippen LogP contribution >= 0.6 is 0 Å². The molecule has 0 amide bonds. The fourth-order valence-electron chi connectivity index (χ4n) is 6.67. The highest BCUT2D eigenvalue weighted by Crippen LogP contribution is 2.54. The lowest BCUT2D eigenvalue weighted by Gasteiger charge is -2.49. The molecule has 186 valence electrons. The lowest BCUT2D eigenvalue weighted by molar-refractivity contribution is -0.140. The third kappa shape index (κ3) is 7.03. The number of aliphatic hydroxyl groups is 1.